The van der Waals surface area contributed by atoms with Crippen molar-refractivity contribution in [3.63, 3.8) is 0 Å². The van der Waals surface area contributed by atoms with Gasteiger partial charge in [0.25, 0.3) is 0 Å². The second-order valence-corrected chi connectivity index (χ2v) is 11.1. The Morgan fingerprint density at radius 2 is 2.00 bits per heavy atom. The summed E-state index contributed by atoms with van der Waals surface area (Å²) in [5.74, 6) is 0.837. The predicted molar refractivity (Wildman–Crippen MR) is 56.1 cm³/mol. The van der Waals surface area contributed by atoms with Crippen molar-refractivity contribution in [2.75, 3.05) is 6.61 Å². The van der Waals surface area contributed by atoms with Crippen LogP contribution in [0.15, 0.2) is 0 Å². The van der Waals surface area contributed by atoms with Crippen molar-refractivity contribution in [2.45, 2.75) is 50.9 Å². The molecule has 2 heteroatoms. The zero-order valence-electron chi connectivity index (χ0n) is 8.85. The average Bonchev–Trinajstić information content (AvgIpc) is 2.31. The second kappa shape index (κ2) is 3.15. The lowest BCUT2D eigenvalue weighted by molar-refractivity contribution is 0.231. The Labute approximate surface area is 77.2 Å². The van der Waals surface area contributed by atoms with Gasteiger partial charge in [0.15, 0.2) is 0 Å². The molecule has 0 aromatic rings. The lowest BCUT2D eigenvalue weighted by Gasteiger charge is -2.39. The molecule has 2 atom stereocenters. The van der Waals surface area contributed by atoms with Crippen molar-refractivity contribution in [3.05, 3.63) is 0 Å². The molecule has 0 aromatic heterocycles. The zero-order chi connectivity index (χ0) is 9.41. The maximum atomic E-state index is 9.50. The predicted octanol–water partition coefficient (Wildman–Crippen LogP) is 2.88. The molecular formula is C10H22OSi. The zero-order valence-corrected chi connectivity index (χ0v) is 9.85. The molecule has 1 aliphatic rings. The lowest BCUT2D eigenvalue weighted by atomic mass is 10.1. The van der Waals surface area contributed by atoms with Crippen LogP contribution in [0, 0.1) is 5.92 Å². The van der Waals surface area contributed by atoms with Crippen molar-refractivity contribution in [2.24, 2.45) is 5.92 Å². The van der Waals surface area contributed by atoms with E-state index in [0.29, 0.717) is 11.6 Å². The molecule has 2 unspecified atom stereocenters. The van der Waals surface area contributed by atoms with Crippen LogP contribution in [0.1, 0.15) is 26.2 Å². The molecule has 0 radical (unpaired) electrons. The van der Waals surface area contributed by atoms with E-state index in [1.54, 1.807) is 0 Å². The standard InChI is InChI=1S/C10H22OSi/c1-9-5-6-10(7-9,8-11)12(2,3)4/h9,11H,5-8H2,1-4H3. The monoisotopic (exact) mass is 186 g/mol. The van der Waals surface area contributed by atoms with Crippen LogP contribution in [0.3, 0.4) is 0 Å². The highest BCUT2D eigenvalue weighted by molar-refractivity contribution is 6.79. The summed E-state index contributed by atoms with van der Waals surface area (Å²) in [6.07, 6.45) is 3.85. The highest BCUT2D eigenvalue weighted by Gasteiger charge is 2.46. The minimum atomic E-state index is -1.17. The molecule has 0 aliphatic heterocycles. The fourth-order valence-corrected chi connectivity index (χ4v) is 4.79. The van der Waals surface area contributed by atoms with Gasteiger partial charge in [0.1, 0.15) is 0 Å². The summed E-state index contributed by atoms with van der Waals surface area (Å²) in [5.41, 5.74) is 0. The summed E-state index contributed by atoms with van der Waals surface area (Å²) in [6.45, 7) is 9.91. The van der Waals surface area contributed by atoms with E-state index in [-0.39, 0.29) is 0 Å². The summed E-state index contributed by atoms with van der Waals surface area (Å²) in [7, 11) is -1.17. The number of hydrogen-bond donors (Lipinski definition) is 1. The molecule has 0 bridgehead atoms. The van der Waals surface area contributed by atoms with Gasteiger partial charge in [0.2, 0.25) is 0 Å². The summed E-state index contributed by atoms with van der Waals surface area (Å²) in [5, 5.41) is 9.84. The maximum Gasteiger partial charge on any atom is 0.0534 e. The Morgan fingerprint density at radius 1 is 1.42 bits per heavy atom. The third kappa shape index (κ3) is 1.60. The molecule has 1 rings (SSSR count). The summed E-state index contributed by atoms with van der Waals surface area (Å²) in [4.78, 5) is 0. The number of aliphatic hydroxyl groups excluding tert-OH is 1. The molecule has 0 saturated heterocycles. The lowest BCUT2D eigenvalue weighted by Crippen LogP contribution is -2.40. The molecule has 1 fully saturated rings. The molecular weight excluding hydrogens is 164 g/mol. The van der Waals surface area contributed by atoms with Gasteiger partial charge in [-0.3, -0.25) is 0 Å². The van der Waals surface area contributed by atoms with Crippen LogP contribution in [0.25, 0.3) is 0 Å². The van der Waals surface area contributed by atoms with Crippen LogP contribution < -0.4 is 0 Å². The van der Waals surface area contributed by atoms with Crippen molar-refractivity contribution < 1.29 is 5.11 Å². The molecule has 1 N–H and O–H groups in total. The third-order valence-corrected chi connectivity index (χ3v) is 7.54. The quantitative estimate of drug-likeness (QED) is 0.658. The largest absolute Gasteiger partial charge is 0.396 e. The Kier molecular flexibility index (Phi) is 2.69. The Bertz CT molecular complexity index is 162. The summed E-state index contributed by atoms with van der Waals surface area (Å²) < 4.78 is 0. The molecule has 0 aromatic carbocycles. The van der Waals surface area contributed by atoms with Crippen LogP contribution in [-0.2, 0) is 0 Å². The Hall–Kier alpha value is 0.177. The normalized spacial score (nSPS) is 37.2. The van der Waals surface area contributed by atoms with Crippen LogP contribution in [0.4, 0.5) is 0 Å². The van der Waals surface area contributed by atoms with Gasteiger partial charge >= 0.3 is 0 Å². The van der Waals surface area contributed by atoms with Crippen LogP contribution in [-0.4, -0.2) is 19.8 Å². The van der Waals surface area contributed by atoms with Crippen LogP contribution >= 0.6 is 0 Å². The number of hydrogen-bond acceptors (Lipinski definition) is 1. The molecule has 0 amide bonds. The minimum absolute atomic E-state index is 0.340. The van der Waals surface area contributed by atoms with Crippen molar-refractivity contribution in [1.29, 1.82) is 0 Å². The molecule has 12 heavy (non-hydrogen) atoms. The first kappa shape index (κ1) is 10.3. The molecule has 0 heterocycles. The SMILES string of the molecule is CC1CCC(CO)([Si](C)(C)C)C1. The third-order valence-electron chi connectivity index (χ3n) is 3.75. The minimum Gasteiger partial charge on any atom is -0.396 e. The van der Waals surface area contributed by atoms with Crippen LogP contribution in [0.2, 0.25) is 24.7 Å². The van der Waals surface area contributed by atoms with Gasteiger partial charge < -0.3 is 5.11 Å². The molecule has 1 aliphatic carbocycles. The first-order valence-corrected chi connectivity index (χ1v) is 8.52. The van der Waals surface area contributed by atoms with Gasteiger partial charge in [0.05, 0.1) is 8.07 Å². The van der Waals surface area contributed by atoms with E-state index in [9.17, 15) is 5.11 Å². The molecule has 1 saturated carbocycles. The van der Waals surface area contributed by atoms with Gasteiger partial charge in [-0.2, -0.15) is 0 Å². The number of aliphatic hydroxyl groups is 1. The topological polar surface area (TPSA) is 20.2 Å². The molecule has 0 spiro atoms. The average molecular weight is 186 g/mol. The Balaban J connectivity index is 2.78. The highest BCUT2D eigenvalue weighted by Crippen LogP contribution is 2.53. The van der Waals surface area contributed by atoms with Gasteiger partial charge in [-0.15, -0.1) is 0 Å². The fourth-order valence-electron chi connectivity index (χ4n) is 2.46. The second-order valence-electron chi connectivity index (χ2n) is 5.54. The maximum absolute atomic E-state index is 9.50. The smallest absolute Gasteiger partial charge is 0.0534 e. The van der Waals surface area contributed by atoms with E-state index >= 15 is 0 Å². The van der Waals surface area contributed by atoms with Crippen molar-refractivity contribution in [1.82, 2.24) is 0 Å². The molecule has 1 nitrogen and oxygen atoms in total. The summed E-state index contributed by atoms with van der Waals surface area (Å²) in [6, 6.07) is 0. The van der Waals surface area contributed by atoms with E-state index in [1.165, 1.54) is 19.3 Å². The van der Waals surface area contributed by atoms with Crippen molar-refractivity contribution >= 4 is 8.07 Å². The first-order chi connectivity index (χ1) is 5.41. The highest BCUT2D eigenvalue weighted by atomic mass is 28.3. The van der Waals surface area contributed by atoms with E-state index in [1.807, 2.05) is 0 Å². The van der Waals surface area contributed by atoms with Gasteiger partial charge in [-0.1, -0.05) is 33.0 Å². The van der Waals surface area contributed by atoms with Crippen LogP contribution in [0.5, 0.6) is 0 Å². The van der Waals surface area contributed by atoms with Gasteiger partial charge in [-0.25, -0.2) is 0 Å². The summed E-state index contributed by atoms with van der Waals surface area (Å²) >= 11 is 0. The van der Waals surface area contributed by atoms with E-state index < -0.39 is 8.07 Å². The van der Waals surface area contributed by atoms with Crippen molar-refractivity contribution in [3.8, 4) is 0 Å². The van der Waals surface area contributed by atoms with Gasteiger partial charge in [-0.05, 0) is 23.8 Å². The van der Waals surface area contributed by atoms with E-state index in [0.717, 1.165) is 5.92 Å². The Morgan fingerprint density at radius 3 is 2.17 bits per heavy atom. The fraction of sp³-hybridized carbons (Fsp3) is 1.00. The van der Waals surface area contributed by atoms with E-state index in [2.05, 4.69) is 26.6 Å². The van der Waals surface area contributed by atoms with E-state index in [4.69, 9.17) is 0 Å². The first-order valence-electron chi connectivity index (χ1n) is 5.02. The van der Waals surface area contributed by atoms with Gasteiger partial charge in [0, 0.05) is 6.61 Å². The molecule has 72 valence electrons. The number of rotatable bonds is 2.